The summed E-state index contributed by atoms with van der Waals surface area (Å²) in [7, 11) is -3.53. The molecule has 40 heavy (non-hydrogen) atoms. The van der Waals surface area contributed by atoms with Crippen LogP contribution < -0.4 is 21.3 Å². The fraction of sp³-hybridized carbons (Fsp3) is 0.111. The number of anilines is 3. The molecule has 13 heteroatoms. The lowest BCUT2D eigenvalue weighted by Gasteiger charge is -2.21. The van der Waals surface area contributed by atoms with Crippen molar-refractivity contribution >= 4 is 38.4 Å². The zero-order chi connectivity index (χ0) is 28.4. The summed E-state index contributed by atoms with van der Waals surface area (Å²) in [5, 5.41) is 13.0. The van der Waals surface area contributed by atoms with E-state index in [9.17, 15) is 18.5 Å². The van der Waals surface area contributed by atoms with Crippen LogP contribution in [0.5, 0.6) is 0 Å². The van der Waals surface area contributed by atoms with Gasteiger partial charge in [0.1, 0.15) is 23.3 Å². The van der Waals surface area contributed by atoms with Gasteiger partial charge in [0.05, 0.1) is 47.0 Å². The summed E-state index contributed by atoms with van der Waals surface area (Å²) in [4.78, 5) is 31.3. The number of fused-ring (bicyclic) bond motifs is 1. The minimum atomic E-state index is -3.53. The van der Waals surface area contributed by atoms with Gasteiger partial charge in [-0.2, -0.15) is 10.2 Å². The summed E-state index contributed by atoms with van der Waals surface area (Å²) in [5.41, 5.74) is 7.92. The van der Waals surface area contributed by atoms with Gasteiger partial charge in [-0.05, 0) is 36.8 Å². The topological polar surface area (TPSA) is 182 Å². The number of sulfonamides is 1. The molecule has 0 bridgehead atoms. The normalized spacial score (nSPS) is 12.0. The van der Waals surface area contributed by atoms with Gasteiger partial charge in [-0.25, -0.2) is 18.4 Å². The first-order valence-electron chi connectivity index (χ1n) is 12.0. The molecule has 3 heterocycles. The summed E-state index contributed by atoms with van der Waals surface area (Å²) in [5.74, 6) is 0.575. The van der Waals surface area contributed by atoms with Crippen LogP contribution in [0.3, 0.4) is 0 Å². The molecule has 5 aromatic rings. The standard InChI is InChI=1S/C27H23N9O3S/c1-16(32-24-18(12-28)14-31-27(29)34-24)25-33-22-10-6-9-21(17-11-19(15-30-13-17)35-40(2,38)39)23(22)26(37)36(25)20-7-4-3-5-8-20/h3-11,13-16,35H,1-2H3,(H3,29,31,32,34)/t16-/m1/s1. The van der Waals surface area contributed by atoms with Gasteiger partial charge in [0.2, 0.25) is 16.0 Å². The lowest BCUT2D eigenvalue weighted by atomic mass is 10.0. The van der Waals surface area contributed by atoms with Gasteiger partial charge < -0.3 is 11.1 Å². The van der Waals surface area contributed by atoms with Crippen LogP contribution in [-0.2, 0) is 10.0 Å². The van der Waals surface area contributed by atoms with Gasteiger partial charge >= 0.3 is 0 Å². The van der Waals surface area contributed by atoms with Crippen LogP contribution in [0, 0.1) is 11.3 Å². The number of rotatable bonds is 7. The Kier molecular flexibility index (Phi) is 6.85. The molecule has 4 N–H and O–H groups in total. The van der Waals surface area contributed by atoms with Crippen molar-refractivity contribution < 1.29 is 8.42 Å². The number of benzene rings is 2. The molecule has 1 atom stereocenters. The Balaban J connectivity index is 1.72. The first-order valence-corrected chi connectivity index (χ1v) is 13.9. The molecule has 3 aromatic heterocycles. The third-order valence-electron chi connectivity index (χ3n) is 5.96. The minimum Gasteiger partial charge on any atom is -0.368 e. The Morgan fingerprint density at radius 1 is 1.05 bits per heavy atom. The Labute approximate surface area is 229 Å². The van der Waals surface area contributed by atoms with Crippen LogP contribution in [0.1, 0.15) is 24.4 Å². The van der Waals surface area contributed by atoms with Crippen LogP contribution in [0.15, 0.2) is 78.0 Å². The summed E-state index contributed by atoms with van der Waals surface area (Å²) in [6, 6.07) is 17.3. The first kappa shape index (κ1) is 26.3. The molecule has 0 fully saturated rings. The van der Waals surface area contributed by atoms with E-state index >= 15 is 0 Å². The molecule has 0 aliphatic carbocycles. The van der Waals surface area contributed by atoms with Gasteiger partial charge in [-0.1, -0.05) is 30.3 Å². The second kappa shape index (κ2) is 10.4. The van der Waals surface area contributed by atoms with Crippen molar-refractivity contribution in [2.75, 3.05) is 22.0 Å². The van der Waals surface area contributed by atoms with Gasteiger partial charge in [0.25, 0.3) is 5.56 Å². The molecular formula is C27H23N9O3S. The lowest BCUT2D eigenvalue weighted by Crippen LogP contribution is -2.28. The zero-order valence-corrected chi connectivity index (χ0v) is 22.2. The molecule has 0 saturated carbocycles. The number of nitriles is 1. The molecule has 0 saturated heterocycles. The highest BCUT2D eigenvalue weighted by molar-refractivity contribution is 7.92. The van der Waals surface area contributed by atoms with Crippen molar-refractivity contribution in [1.29, 1.82) is 5.26 Å². The van der Waals surface area contributed by atoms with E-state index in [2.05, 4.69) is 25.0 Å². The Hall–Kier alpha value is -5.35. The van der Waals surface area contributed by atoms with E-state index in [0.717, 1.165) is 6.26 Å². The summed E-state index contributed by atoms with van der Waals surface area (Å²) >= 11 is 0. The summed E-state index contributed by atoms with van der Waals surface area (Å²) < 4.78 is 27.4. The third-order valence-corrected chi connectivity index (χ3v) is 6.57. The predicted molar refractivity (Wildman–Crippen MR) is 152 cm³/mol. The van der Waals surface area contributed by atoms with Gasteiger partial charge in [0.15, 0.2) is 0 Å². The zero-order valence-electron chi connectivity index (χ0n) is 21.4. The van der Waals surface area contributed by atoms with Crippen LogP contribution >= 0.6 is 0 Å². The lowest BCUT2D eigenvalue weighted by molar-refractivity contribution is 0.607. The Bertz CT molecular complexity index is 1950. The van der Waals surface area contributed by atoms with Crippen molar-refractivity contribution in [1.82, 2.24) is 24.5 Å². The SMILES string of the molecule is C[C@@H](Nc1nc(N)ncc1C#N)c1nc2cccc(-c3cncc(NS(C)(=O)=O)c3)c2c(=O)n1-c1ccccc1. The fourth-order valence-corrected chi connectivity index (χ4v) is 4.86. The fourth-order valence-electron chi connectivity index (χ4n) is 4.32. The first-order chi connectivity index (χ1) is 19.1. The monoisotopic (exact) mass is 553 g/mol. The number of nitrogens with one attached hydrogen (secondary N) is 2. The van der Waals surface area contributed by atoms with Crippen LogP contribution in [-0.4, -0.2) is 39.2 Å². The average Bonchev–Trinajstić information content (AvgIpc) is 2.92. The molecule has 0 amide bonds. The number of nitrogens with two attached hydrogens (primary N) is 1. The highest BCUT2D eigenvalue weighted by Gasteiger charge is 2.22. The van der Waals surface area contributed by atoms with E-state index in [1.54, 1.807) is 49.5 Å². The van der Waals surface area contributed by atoms with Gasteiger partial charge in [-0.3, -0.25) is 19.1 Å². The van der Waals surface area contributed by atoms with E-state index < -0.39 is 16.1 Å². The van der Waals surface area contributed by atoms with Crippen molar-refractivity contribution in [3.8, 4) is 22.9 Å². The molecule has 0 unspecified atom stereocenters. The second-order valence-corrected chi connectivity index (χ2v) is 10.7. The highest BCUT2D eigenvalue weighted by Crippen LogP contribution is 2.29. The number of para-hydroxylation sites is 1. The van der Waals surface area contributed by atoms with E-state index in [1.165, 1.54) is 17.0 Å². The maximum absolute atomic E-state index is 14.3. The molecule has 200 valence electrons. The average molecular weight is 554 g/mol. The van der Waals surface area contributed by atoms with E-state index in [1.807, 2.05) is 24.3 Å². The summed E-state index contributed by atoms with van der Waals surface area (Å²) in [6.07, 6.45) is 5.31. The van der Waals surface area contributed by atoms with E-state index in [-0.39, 0.29) is 28.6 Å². The summed E-state index contributed by atoms with van der Waals surface area (Å²) in [6.45, 7) is 1.79. The molecule has 0 aliphatic rings. The minimum absolute atomic E-state index is 0.00790. The molecule has 0 aliphatic heterocycles. The van der Waals surface area contributed by atoms with Crippen LogP contribution in [0.4, 0.5) is 17.5 Å². The van der Waals surface area contributed by atoms with Crippen molar-refractivity contribution in [2.24, 2.45) is 0 Å². The molecule has 0 spiro atoms. The third kappa shape index (κ3) is 5.29. The maximum Gasteiger partial charge on any atom is 0.266 e. The highest BCUT2D eigenvalue weighted by atomic mass is 32.2. The van der Waals surface area contributed by atoms with Crippen LogP contribution in [0.25, 0.3) is 27.7 Å². The smallest absolute Gasteiger partial charge is 0.266 e. The Morgan fingerprint density at radius 2 is 1.82 bits per heavy atom. The maximum atomic E-state index is 14.3. The largest absolute Gasteiger partial charge is 0.368 e. The molecule has 5 rings (SSSR count). The number of hydrogen-bond donors (Lipinski definition) is 3. The van der Waals surface area contributed by atoms with Gasteiger partial charge in [0, 0.05) is 11.8 Å². The molecule has 12 nitrogen and oxygen atoms in total. The van der Waals surface area contributed by atoms with E-state index in [0.29, 0.717) is 33.5 Å². The predicted octanol–water partition coefficient (Wildman–Crippen LogP) is 3.24. The Morgan fingerprint density at radius 3 is 2.55 bits per heavy atom. The van der Waals surface area contributed by atoms with Crippen molar-refractivity contribution in [3.63, 3.8) is 0 Å². The number of pyridine rings is 1. The molecular weight excluding hydrogens is 530 g/mol. The van der Waals surface area contributed by atoms with Crippen molar-refractivity contribution in [3.05, 3.63) is 94.9 Å². The van der Waals surface area contributed by atoms with Crippen LogP contribution in [0.2, 0.25) is 0 Å². The number of nitrogens with zero attached hydrogens (tertiary/aromatic N) is 6. The van der Waals surface area contributed by atoms with Crippen molar-refractivity contribution in [2.45, 2.75) is 13.0 Å². The van der Waals surface area contributed by atoms with Gasteiger partial charge in [-0.15, -0.1) is 0 Å². The number of hydrogen-bond acceptors (Lipinski definition) is 10. The quantitative estimate of drug-likeness (QED) is 0.270. The number of nitrogen functional groups attached to an aromatic ring is 1. The second-order valence-electron chi connectivity index (χ2n) is 8.95. The molecule has 2 aromatic carbocycles. The number of aromatic nitrogens is 5. The van der Waals surface area contributed by atoms with E-state index in [4.69, 9.17) is 10.7 Å². The molecule has 0 radical (unpaired) electrons.